The number of carbonyl (C=O) groups is 1. The van der Waals surface area contributed by atoms with Crippen molar-refractivity contribution in [1.82, 2.24) is 14.1 Å². The fraction of sp³-hybridized carbons (Fsp3) is 0.120. The molecule has 0 aliphatic heterocycles. The van der Waals surface area contributed by atoms with Crippen molar-refractivity contribution >= 4 is 37.7 Å². The second-order valence-electron chi connectivity index (χ2n) is 7.60. The normalized spacial score (nSPS) is 11.5. The number of nitrogens with zero attached hydrogens (tertiary/aromatic N) is 3. The number of nitrogens with one attached hydrogen (secondary N) is 1. The number of anilines is 1. The van der Waals surface area contributed by atoms with E-state index < -0.39 is 21.7 Å². The van der Waals surface area contributed by atoms with Crippen molar-refractivity contribution in [2.24, 2.45) is 0 Å². The molecule has 35 heavy (non-hydrogen) atoms. The zero-order chi connectivity index (χ0) is 25.0. The first kappa shape index (κ1) is 24.8. The summed E-state index contributed by atoms with van der Waals surface area (Å²) < 4.78 is 42.9. The molecule has 7 nitrogen and oxygen atoms in total. The number of aromatic nitrogens is 2. The van der Waals surface area contributed by atoms with Crippen LogP contribution in [-0.2, 0) is 14.8 Å². The number of rotatable bonds is 8. The van der Waals surface area contributed by atoms with Gasteiger partial charge in [-0.2, -0.15) is 9.40 Å². The van der Waals surface area contributed by atoms with Gasteiger partial charge in [0, 0.05) is 22.6 Å². The van der Waals surface area contributed by atoms with Crippen LogP contribution in [0.2, 0.25) is 0 Å². The van der Waals surface area contributed by atoms with E-state index in [1.165, 1.54) is 28.9 Å². The van der Waals surface area contributed by atoms with Crippen LogP contribution in [0.1, 0.15) is 6.92 Å². The van der Waals surface area contributed by atoms with Gasteiger partial charge in [0.05, 0.1) is 22.8 Å². The third-order valence-corrected chi connectivity index (χ3v) is 7.71. The summed E-state index contributed by atoms with van der Waals surface area (Å²) in [5, 5.41) is 7.35. The minimum atomic E-state index is -3.87. The molecule has 0 atom stereocenters. The summed E-state index contributed by atoms with van der Waals surface area (Å²) in [6, 6.07) is 23.0. The van der Waals surface area contributed by atoms with Crippen molar-refractivity contribution in [3.63, 3.8) is 0 Å². The Kier molecular flexibility index (Phi) is 7.44. The maximum atomic E-state index is 13.5. The highest BCUT2D eigenvalue weighted by molar-refractivity contribution is 9.10. The van der Waals surface area contributed by atoms with Crippen molar-refractivity contribution in [2.45, 2.75) is 11.8 Å². The van der Waals surface area contributed by atoms with E-state index in [0.29, 0.717) is 17.2 Å². The fourth-order valence-electron chi connectivity index (χ4n) is 3.46. The molecule has 0 bridgehead atoms. The molecule has 0 radical (unpaired) electrons. The minimum absolute atomic E-state index is 0.0954. The first-order valence-electron chi connectivity index (χ1n) is 10.7. The van der Waals surface area contributed by atoms with Gasteiger partial charge in [-0.15, -0.1) is 0 Å². The molecule has 1 heterocycles. The zero-order valence-corrected chi connectivity index (χ0v) is 21.1. The number of carbonyl (C=O) groups excluding carboxylic acids is 1. The lowest BCUT2D eigenvalue weighted by molar-refractivity contribution is -0.116. The smallest absolute Gasteiger partial charge is 0.243 e. The molecule has 0 saturated heterocycles. The zero-order valence-electron chi connectivity index (χ0n) is 18.7. The number of benzene rings is 3. The Balaban J connectivity index is 1.62. The molecule has 1 aromatic heterocycles. The molecule has 0 aliphatic rings. The Morgan fingerprint density at radius 2 is 1.69 bits per heavy atom. The summed E-state index contributed by atoms with van der Waals surface area (Å²) in [5.74, 6) is -0.598. The first-order chi connectivity index (χ1) is 16.8. The summed E-state index contributed by atoms with van der Waals surface area (Å²) in [4.78, 5) is 13.1. The van der Waals surface area contributed by atoms with Crippen LogP contribution in [0, 0.1) is 5.82 Å². The summed E-state index contributed by atoms with van der Waals surface area (Å²) in [6.07, 6.45) is 0. The van der Waals surface area contributed by atoms with E-state index in [0.717, 1.165) is 14.3 Å². The molecule has 4 rings (SSSR count). The second-order valence-corrected chi connectivity index (χ2v) is 10.5. The molecule has 1 N–H and O–H groups in total. The highest BCUT2D eigenvalue weighted by Crippen LogP contribution is 2.25. The third-order valence-electron chi connectivity index (χ3n) is 5.24. The van der Waals surface area contributed by atoms with Gasteiger partial charge in [-0.25, -0.2) is 17.5 Å². The van der Waals surface area contributed by atoms with Crippen LogP contribution >= 0.6 is 15.9 Å². The molecule has 4 aromatic rings. The molecule has 1 amide bonds. The van der Waals surface area contributed by atoms with Gasteiger partial charge in [-0.05, 0) is 48.5 Å². The average Bonchev–Trinajstić information content (AvgIpc) is 3.27. The van der Waals surface area contributed by atoms with E-state index in [4.69, 9.17) is 0 Å². The predicted molar refractivity (Wildman–Crippen MR) is 136 cm³/mol. The SMILES string of the molecule is CCN(CC(=O)Nc1cc(-c2ccccc2)nn1-c1ccc(F)cc1)S(=O)(=O)c1ccc(Br)cc1. The lowest BCUT2D eigenvalue weighted by Crippen LogP contribution is -2.38. The van der Waals surface area contributed by atoms with Crippen molar-refractivity contribution in [2.75, 3.05) is 18.4 Å². The summed E-state index contributed by atoms with van der Waals surface area (Å²) >= 11 is 3.29. The first-order valence-corrected chi connectivity index (χ1v) is 13.0. The predicted octanol–water partition coefficient (Wildman–Crippen LogP) is 5.09. The molecule has 0 fully saturated rings. The monoisotopic (exact) mass is 556 g/mol. The van der Waals surface area contributed by atoms with Gasteiger partial charge in [-0.3, -0.25) is 4.79 Å². The van der Waals surface area contributed by atoms with Gasteiger partial charge < -0.3 is 5.32 Å². The lowest BCUT2D eigenvalue weighted by Gasteiger charge is -2.20. The van der Waals surface area contributed by atoms with Crippen LogP contribution in [0.25, 0.3) is 16.9 Å². The molecular formula is C25H22BrFN4O3S. The topological polar surface area (TPSA) is 84.3 Å². The number of hydrogen-bond acceptors (Lipinski definition) is 4. The van der Waals surface area contributed by atoms with Crippen molar-refractivity contribution in [3.8, 4) is 16.9 Å². The lowest BCUT2D eigenvalue weighted by atomic mass is 10.2. The van der Waals surface area contributed by atoms with Gasteiger partial charge in [-0.1, -0.05) is 53.2 Å². The van der Waals surface area contributed by atoms with Gasteiger partial charge >= 0.3 is 0 Å². The largest absolute Gasteiger partial charge is 0.309 e. The van der Waals surface area contributed by atoms with E-state index in [1.807, 2.05) is 30.3 Å². The number of likely N-dealkylation sites (N-methyl/N-ethyl adjacent to an activating group) is 1. The van der Waals surface area contributed by atoms with Crippen LogP contribution in [0.4, 0.5) is 10.2 Å². The van der Waals surface area contributed by atoms with Gasteiger partial charge in [0.25, 0.3) is 0 Å². The van der Waals surface area contributed by atoms with Crippen molar-refractivity contribution < 1.29 is 17.6 Å². The third kappa shape index (κ3) is 5.67. The maximum absolute atomic E-state index is 13.5. The van der Waals surface area contributed by atoms with E-state index in [2.05, 4.69) is 26.3 Å². The molecule has 3 aromatic carbocycles. The Morgan fingerprint density at radius 1 is 1.03 bits per heavy atom. The summed E-state index contributed by atoms with van der Waals surface area (Å²) in [5.41, 5.74) is 1.97. The maximum Gasteiger partial charge on any atom is 0.243 e. The van der Waals surface area contributed by atoms with Crippen LogP contribution in [0.5, 0.6) is 0 Å². The highest BCUT2D eigenvalue weighted by atomic mass is 79.9. The Morgan fingerprint density at radius 3 is 2.31 bits per heavy atom. The number of amides is 1. The molecule has 0 spiro atoms. The van der Waals surface area contributed by atoms with Gasteiger partial charge in [0.15, 0.2) is 0 Å². The summed E-state index contributed by atoms with van der Waals surface area (Å²) in [7, 11) is -3.87. The van der Waals surface area contributed by atoms with E-state index in [-0.39, 0.29) is 18.0 Å². The Hall–Kier alpha value is -3.34. The fourth-order valence-corrected chi connectivity index (χ4v) is 5.13. The Bertz CT molecular complexity index is 1420. The van der Waals surface area contributed by atoms with Crippen LogP contribution < -0.4 is 5.32 Å². The second kappa shape index (κ2) is 10.5. The molecule has 0 saturated carbocycles. The van der Waals surface area contributed by atoms with E-state index >= 15 is 0 Å². The van der Waals surface area contributed by atoms with E-state index in [1.54, 1.807) is 37.3 Å². The van der Waals surface area contributed by atoms with Crippen LogP contribution in [0.3, 0.4) is 0 Å². The summed E-state index contributed by atoms with van der Waals surface area (Å²) in [6.45, 7) is 1.39. The average molecular weight is 557 g/mol. The number of hydrogen-bond donors (Lipinski definition) is 1. The van der Waals surface area contributed by atoms with Crippen molar-refractivity contribution in [3.05, 3.63) is 95.2 Å². The molecule has 10 heteroatoms. The quantitative estimate of drug-likeness (QED) is 0.327. The van der Waals surface area contributed by atoms with Crippen LogP contribution in [-0.4, -0.2) is 41.5 Å². The van der Waals surface area contributed by atoms with E-state index in [9.17, 15) is 17.6 Å². The van der Waals surface area contributed by atoms with Crippen LogP contribution in [0.15, 0.2) is 94.3 Å². The number of sulfonamides is 1. The molecule has 0 aliphatic carbocycles. The molecular weight excluding hydrogens is 535 g/mol. The highest BCUT2D eigenvalue weighted by Gasteiger charge is 2.26. The van der Waals surface area contributed by atoms with Crippen molar-refractivity contribution in [1.29, 1.82) is 0 Å². The van der Waals surface area contributed by atoms with Gasteiger partial charge in [0.1, 0.15) is 11.6 Å². The van der Waals surface area contributed by atoms with Gasteiger partial charge in [0.2, 0.25) is 15.9 Å². The molecule has 0 unspecified atom stereocenters. The molecule has 180 valence electrons. The minimum Gasteiger partial charge on any atom is -0.309 e. The Labute approximate surface area is 211 Å². The standard InChI is InChI=1S/C25H22BrFN4O3S/c1-2-30(35(33,34)22-14-8-19(26)9-15-22)17-25(32)28-24-16-23(18-6-4-3-5-7-18)29-31(24)21-12-10-20(27)11-13-21/h3-16H,2,17H2,1H3,(H,28,32). The number of halogens is 2.